The van der Waals surface area contributed by atoms with Gasteiger partial charge >= 0.3 is 0 Å². The first-order valence-corrected chi connectivity index (χ1v) is 7.41. The Kier molecular flexibility index (Phi) is 5.50. The topological polar surface area (TPSA) is 38.0 Å². The van der Waals surface area contributed by atoms with Crippen LogP contribution in [0.5, 0.6) is 0 Å². The first kappa shape index (κ1) is 14.6. The van der Waals surface area contributed by atoms with Crippen LogP contribution >= 0.6 is 11.8 Å². The molecule has 1 aromatic carbocycles. The fourth-order valence-electron chi connectivity index (χ4n) is 1.79. The second kappa shape index (κ2) is 6.43. The van der Waals surface area contributed by atoms with E-state index in [4.69, 9.17) is 5.84 Å². The molecule has 0 spiro atoms. The van der Waals surface area contributed by atoms with Gasteiger partial charge in [0.2, 0.25) is 0 Å². The molecule has 1 atom stereocenters. The summed E-state index contributed by atoms with van der Waals surface area (Å²) in [4.78, 5) is 0. The van der Waals surface area contributed by atoms with Crippen LogP contribution in [0.4, 0.5) is 0 Å². The highest BCUT2D eigenvalue weighted by atomic mass is 32.2. The maximum Gasteiger partial charge on any atom is 0.0341 e. The van der Waals surface area contributed by atoms with Gasteiger partial charge in [0.25, 0.3) is 0 Å². The van der Waals surface area contributed by atoms with Gasteiger partial charge in [-0.2, -0.15) is 11.8 Å². The molecule has 2 nitrogen and oxygen atoms in total. The van der Waals surface area contributed by atoms with E-state index in [-0.39, 0.29) is 5.41 Å². The van der Waals surface area contributed by atoms with Crippen LogP contribution in [0.2, 0.25) is 0 Å². The lowest BCUT2D eigenvalue weighted by atomic mass is 9.86. The van der Waals surface area contributed by atoms with Gasteiger partial charge in [0, 0.05) is 11.8 Å². The molecule has 0 saturated heterocycles. The van der Waals surface area contributed by atoms with E-state index in [1.807, 2.05) is 11.8 Å². The lowest BCUT2D eigenvalue weighted by Crippen LogP contribution is -2.38. The monoisotopic (exact) mass is 252 g/mol. The zero-order valence-electron chi connectivity index (χ0n) is 11.3. The van der Waals surface area contributed by atoms with Crippen molar-refractivity contribution in [3.05, 3.63) is 35.4 Å². The Hall–Kier alpha value is -0.510. The largest absolute Gasteiger partial charge is 0.271 e. The van der Waals surface area contributed by atoms with Crippen molar-refractivity contribution in [2.24, 2.45) is 5.84 Å². The van der Waals surface area contributed by atoms with Crippen LogP contribution < -0.4 is 11.3 Å². The lowest BCUT2D eigenvalue weighted by Gasteiger charge is -2.20. The van der Waals surface area contributed by atoms with Gasteiger partial charge in [0.1, 0.15) is 0 Å². The summed E-state index contributed by atoms with van der Waals surface area (Å²) in [6, 6.07) is 9.23. The standard InChI is InChI=1S/C14H24N2S/c1-14(2,3)12-7-5-11(6-8-12)9-13(16-15)10-17-4/h5-8,13,16H,9-10,15H2,1-4H3. The number of hydrogen-bond acceptors (Lipinski definition) is 3. The maximum atomic E-state index is 5.54. The van der Waals surface area contributed by atoms with Gasteiger partial charge in [-0.25, -0.2) is 0 Å². The van der Waals surface area contributed by atoms with E-state index >= 15 is 0 Å². The Bertz CT molecular complexity index is 327. The third-order valence-electron chi connectivity index (χ3n) is 2.91. The van der Waals surface area contributed by atoms with Gasteiger partial charge in [0.05, 0.1) is 0 Å². The number of hydrogen-bond donors (Lipinski definition) is 2. The molecule has 0 bridgehead atoms. The third-order valence-corrected chi connectivity index (χ3v) is 3.64. The molecule has 1 rings (SSSR count). The summed E-state index contributed by atoms with van der Waals surface area (Å²) in [5.41, 5.74) is 5.82. The van der Waals surface area contributed by atoms with Crippen LogP contribution in [0.1, 0.15) is 31.9 Å². The molecule has 3 heteroatoms. The molecule has 0 amide bonds. The number of nitrogens with two attached hydrogens (primary N) is 1. The quantitative estimate of drug-likeness (QED) is 0.625. The Labute approximate surface area is 109 Å². The van der Waals surface area contributed by atoms with Gasteiger partial charge in [-0.05, 0) is 29.2 Å². The van der Waals surface area contributed by atoms with Crippen molar-refractivity contribution in [2.45, 2.75) is 38.6 Å². The van der Waals surface area contributed by atoms with E-state index in [1.165, 1.54) is 11.1 Å². The van der Waals surface area contributed by atoms with Crippen LogP contribution in [0.3, 0.4) is 0 Å². The van der Waals surface area contributed by atoms with Crippen molar-refractivity contribution in [3.8, 4) is 0 Å². The van der Waals surface area contributed by atoms with Gasteiger partial charge in [-0.3, -0.25) is 11.3 Å². The first-order chi connectivity index (χ1) is 7.97. The first-order valence-electron chi connectivity index (χ1n) is 6.02. The van der Waals surface area contributed by atoms with E-state index < -0.39 is 0 Å². The number of thioether (sulfide) groups is 1. The van der Waals surface area contributed by atoms with Crippen LogP contribution in [0.25, 0.3) is 0 Å². The normalized spacial score (nSPS) is 13.7. The van der Waals surface area contributed by atoms with Crippen LogP contribution in [0.15, 0.2) is 24.3 Å². The summed E-state index contributed by atoms with van der Waals surface area (Å²) in [6.45, 7) is 6.71. The fourth-order valence-corrected chi connectivity index (χ4v) is 2.41. The molecular weight excluding hydrogens is 228 g/mol. The van der Waals surface area contributed by atoms with Crippen molar-refractivity contribution in [3.63, 3.8) is 0 Å². The third kappa shape index (κ3) is 4.70. The summed E-state index contributed by atoms with van der Waals surface area (Å²) >= 11 is 1.82. The molecule has 0 fully saturated rings. The Morgan fingerprint density at radius 1 is 1.24 bits per heavy atom. The molecule has 96 valence electrons. The molecule has 3 N–H and O–H groups in total. The lowest BCUT2D eigenvalue weighted by molar-refractivity contribution is 0.573. The van der Waals surface area contributed by atoms with Gasteiger partial charge < -0.3 is 0 Å². The van der Waals surface area contributed by atoms with E-state index in [9.17, 15) is 0 Å². The number of benzene rings is 1. The summed E-state index contributed by atoms with van der Waals surface area (Å²) in [7, 11) is 0. The second-order valence-corrected chi connectivity index (χ2v) is 6.38. The van der Waals surface area contributed by atoms with E-state index in [0.29, 0.717) is 6.04 Å². The minimum absolute atomic E-state index is 0.226. The molecular formula is C14H24N2S. The highest BCUT2D eigenvalue weighted by Gasteiger charge is 2.13. The predicted octanol–water partition coefficient (Wildman–Crippen LogP) is 2.72. The molecule has 0 heterocycles. The van der Waals surface area contributed by atoms with E-state index in [1.54, 1.807) is 0 Å². The van der Waals surface area contributed by atoms with Gasteiger partial charge in [-0.1, -0.05) is 45.0 Å². The van der Waals surface area contributed by atoms with Crippen molar-refractivity contribution < 1.29 is 0 Å². The minimum atomic E-state index is 0.226. The number of nitrogens with one attached hydrogen (secondary N) is 1. The second-order valence-electron chi connectivity index (χ2n) is 5.47. The fraction of sp³-hybridized carbons (Fsp3) is 0.571. The minimum Gasteiger partial charge on any atom is -0.271 e. The average Bonchev–Trinajstić information content (AvgIpc) is 2.28. The number of hydrazine groups is 1. The highest BCUT2D eigenvalue weighted by molar-refractivity contribution is 7.98. The van der Waals surface area contributed by atoms with Crippen molar-refractivity contribution >= 4 is 11.8 Å². The van der Waals surface area contributed by atoms with Crippen molar-refractivity contribution in [2.75, 3.05) is 12.0 Å². The van der Waals surface area contributed by atoms with E-state index in [0.717, 1.165) is 12.2 Å². The summed E-state index contributed by atoms with van der Waals surface area (Å²) in [6.07, 6.45) is 3.09. The molecule has 0 radical (unpaired) electrons. The predicted molar refractivity (Wildman–Crippen MR) is 78.3 cm³/mol. The molecule has 17 heavy (non-hydrogen) atoms. The van der Waals surface area contributed by atoms with Crippen LogP contribution in [-0.4, -0.2) is 18.1 Å². The van der Waals surface area contributed by atoms with Crippen molar-refractivity contribution in [1.82, 2.24) is 5.43 Å². The maximum absolute atomic E-state index is 5.54. The Morgan fingerprint density at radius 2 is 1.82 bits per heavy atom. The van der Waals surface area contributed by atoms with Crippen LogP contribution in [-0.2, 0) is 11.8 Å². The zero-order chi connectivity index (χ0) is 12.9. The summed E-state index contributed by atoms with van der Waals surface area (Å²) in [5, 5.41) is 0. The highest BCUT2D eigenvalue weighted by Crippen LogP contribution is 2.22. The molecule has 0 aliphatic heterocycles. The molecule has 1 aromatic rings. The molecule has 0 aromatic heterocycles. The molecule has 0 saturated carbocycles. The molecule has 0 aliphatic rings. The Balaban J connectivity index is 2.68. The molecule has 0 aliphatic carbocycles. The number of rotatable bonds is 5. The SMILES string of the molecule is CSCC(Cc1ccc(C(C)(C)C)cc1)NN. The molecule has 1 unspecified atom stereocenters. The van der Waals surface area contributed by atoms with Gasteiger partial charge in [-0.15, -0.1) is 0 Å². The smallest absolute Gasteiger partial charge is 0.0341 e. The average molecular weight is 252 g/mol. The van der Waals surface area contributed by atoms with Crippen molar-refractivity contribution in [1.29, 1.82) is 0 Å². The summed E-state index contributed by atoms with van der Waals surface area (Å²) in [5.74, 6) is 6.58. The van der Waals surface area contributed by atoms with E-state index in [2.05, 4.69) is 56.7 Å². The van der Waals surface area contributed by atoms with Crippen LogP contribution in [0, 0.1) is 0 Å². The zero-order valence-corrected chi connectivity index (χ0v) is 12.1. The summed E-state index contributed by atoms with van der Waals surface area (Å²) < 4.78 is 0. The van der Waals surface area contributed by atoms with Gasteiger partial charge in [0.15, 0.2) is 0 Å². The Morgan fingerprint density at radius 3 is 2.24 bits per heavy atom.